The summed E-state index contributed by atoms with van der Waals surface area (Å²) in [6, 6.07) is 10.4. The number of hydrogen-bond donors (Lipinski definition) is 1. The Morgan fingerprint density at radius 2 is 1.71 bits per heavy atom. The molecule has 0 bridgehead atoms. The van der Waals surface area contributed by atoms with Crippen molar-refractivity contribution in [2.75, 3.05) is 44.2 Å². The average molecular weight is 384 g/mol. The van der Waals surface area contributed by atoms with Gasteiger partial charge in [0.25, 0.3) is 0 Å². The van der Waals surface area contributed by atoms with Gasteiger partial charge in [-0.15, -0.1) is 0 Å². The number of para-hydroxylation sites is 1. The number of nitrogens with one attached hydrogen (secondary N) is 1. The average Bonchev–Trinajstić information content (AvgIpc) is 3.11. The number of amides is 3. The van der Waals surface area contributed by atoms with Crippen molar-refractivity contribution >= 4 is 23.4 Å². The van der Waals surface area contributed by atoms with Crippen LogP contribution in [0.2, 0.25) is 0 Å². The van der Waals surface area contributed by atoms with Crippen LogP contribution < -0.4 is 10.2 Å². The number of nitrogens with zero attached hydrogens (tertiary/aromatic N) is 3. The molecule has 0 saturated carbocycles. The van der Waals surface area contributed by atoms with Gasteiger partial charge in [-0.05, 0) is 25.0 Å². The molecule has 3 aliphatic heterocycles. The monoisotopic (exact) mass is 384 g/mol. The molecule has 0 aromatic heterocycles. The Morgan fingerprint density at radius 1 is 1.00 bits per heavy atom. The van der Waals surface area contributed by atoms with Crippen LogP contribution in [0, 0.1) is 5.92 Å². The van der Waals surface area contributed by atoms with Gasteiger partial charge in [0.1, 0.15) is 0 Å². The van der Waals surface area contributed by atoms with Crippen LogP contribution in [0.3, 0.4) is 0 Å². The van der Waals surface area contributed by atoms with E-state index in [4.69, 9.17) is 0 Å². The van der Waals surface area contributed by atoms with E-state index in [-0.39, 0.29) is 29.7 Å². The predicted molar refractivity (Wildman–Crippen MR) is 106 cm³/mol. The summed E-state index contributed by atoms with van der Waals surface area (Å²) in [6.07, 6.45) is 2.53. The molecule has 3 fully saturated rings. The Kier molecular flexibility index (Phi) is 5.50. The lowest BCUT2D eigenvalue weighted by molar-refractivity contribution is -0.148. The Bertz CT molecular complexity index is 724. The van der Waals surface area contributed by atoms with Crippen LogP contribution in [-0.4, -0.2) is 72.8 Å². The molecule has 3 heterocycles. The highest BCUT2D eigenvalue weighted by Crippen LogP contribution is 2.23. The predicted octanol–water partition coefficient (Wildman–Crippen LogP) is 0.852. The number of rotatable bonds is 5. The molecule has 1 atom stereocenters. The van der Waals surface area contributed by atoms with Gasteiger partial charge in [0.05, 0.1) is 5.92 Å². The number of piperazine rings is 1. The standard InChI is InChI=1S/C21H28N4O3/c26-19-8-6-17(22-19)7-9-20(27)25-14-16(15-25)21(28)24-12-10-23(11-13-24)18-4-2-1-3-5-18/h1-5,16-17H,6-15H2,(H,22,26)/t17-/m0/s1. The summed E-state index contributed by atoms with van der Waals surface area (Å²) in [5, 5.41) is 2.90. The molecule has 0 aliphatic carbocycles. The second-order valence-electron chi connectivity index (χ2n) is 7.99. The van der Waals surface area contributed by atoms with Crippen LogP contribution in [0.25, 0.3) is 0 Å². The normalized spacial score (nSPS) is 22.8. The minimum atomic E-state index is -0.0570. The summed E-state index contributed by atoms with van der Waals surface area (Å²) in [4.78, 5) is 42.3. The molecule has 3 saturated heterocycles. The van der Waals surface area contributed by atoms with Crippen molar-refractivity contribution in [3.05, 3.63) is 30.3 Å². The summed E-state index contributed by atoms with van der Waals surface area (Å²) in [7, 11) is 0. The minimum absolute atomic E-state index is 0.0570. The lowest BCUT2D eigenvalue weighted by Crippen LogP contribution is -2.59. The van der Waals surface area contributed by atoms with Crippen LogP contribution in [0.4, 0.5) is 5.69 Å². The molecule has 0 spiro atoms. The summed E-state index contributed by atoms with van der Waals surface area (Å²) in [5.41, 5.74) is 1.20. The SMILES string of the molecule is O=C1CC[C@@H](CCC(=O)N2CC(C(=O)N3CCN(c4ccccc4)CC3)C2)N1. The van der Waals surface area contributed by atoms with E-state index >= 15 is 0 Å². The highest BCUT2D eigenvalue weighted by atomic mass is 16.2. The lowest BCUT2D eigenvalue weighted by atomic mass is 9.96. The van der Waals surface area contributed by atoms with E-state index in [2.05, 4.69) is 22.3 Å². The van der Waals surface area contributed by atoms with Gasteiger partial charge in [-0.25, -0.2) is 0 Å². The van der Waals surface area contributed by atoms with E-state index in [1.807, 2.05) is 23.1 Å². The van der Waals surface area contributed by atoms with Gasteiger partial charge in [0, 0.05) is 63.8 Å². The van der Waals surface area contributed by atoms with E-state index in [1.54, 1.807) is 4.90 Å². The molecule has 1 N–H and O–H groups in total. The zero-order valence-corrected chi connectivity index (χ0v) is 16.2. The Balaban J connectivity index is 1.17. The molecule has 1 aromatic rings. The van der Waals surface area contributed by atoms with Crippen molar-refractivity contribution in [3.8, 4) is 0 Å². The molecule has 1 aromatic carbocycles. The number of likely N-dealkylation sites (tertiary alicyclic amines) is 1. The van der Waals surface area contributed by atoms with E-state index in [1.165, 1.54) is 5.69 Å². The third-order valence-electron chi connectivity index (χ3n) is 6.09. The van der Waals surface area contributed by atoms with Crippen molar-refractivity contribution in [1.82, 2.24) is 15.1 Å². The fraction of sp³-hybridized carbons (Fsp3) is 0.571. The summed E-state index contributed by atoms with van der Waals surface area (Å²) in [6.45, 7) is 4.23. The summed E-state index contributed by atoms with van der Waals surface area (Å²) < 4.78 is 0. The van der Waals surface area contributed by atoms with E-state index in [0.29, 0.717) is 32.4 Å². The molecule has 3 amide bonds. The maximum Gasteiger partial charge on any atom is 0.229 e. The molecule has 0 radical (unpaired) electrons. The maximum absolute atomic E-state index is 12.7. The number of anilines is 1. The van der Waals surface area contributed by atoms with Gasteiger partial charge in [-0.2, -0.15) is 0 Å². The highest BCUT2D eigenvalue weighted by molar-refractivity contribution is 5.85. The first-order valence-corrected chi connectivity index (χ1v) is 10.3. The van der Waals surface area contributed by atoms with Crippen LogP contribution in [0.15, 0.2) is 30.3 Å². The number of carbonyl (C=O) groups excluding carboxylic acids is 3. The fourth-order valence-electron chi connectivity index (χ4n) is 4.27. The molecule has 3 aliphatic rings. The Labute approximate surface area is 165 Å². The molecule has 28 heavy (non-hydrogen) atoms. The van der Waals surface area contributed by atoms with Crippen molar-refractivity contribution < 1.29 is 14.4 Å². The first-order chi connectivity index (χ1) is 13.6. The molecule has 7 nitrogen and oxygen atoms in total. The van der Waals surface area contributed by atoms with E-state index in [9.17, 15) is 14.4 Å². The zero-order valence-electron chi connectivity index (χ0n) is 16.2. The van der Waals surface area contributed by atoms with E-state index < -0.39 is 0 Å². The molecular formula is C21H28N4O3. The van der Waals surface area contributed by atoms with Gasteiger partial charge in [-0.1, -0.05) is 18.2 Å². The molecule has 0 unspecified atom stereocenters. The zero-order chi connectivity index (χ0) is 19.5. The second kappa shape index (κ2) is 8.20. The summed E-state index contributed by atoms with van der Waals surface area (Å²) in [5.74, 6) is 0.303. The van der Waals surface area contributed by atoms with Gasteiger partial charge >= 0.3 is 0 Å². The molecule has 4 rings (SSSR count). The number of hydrogen-bond acceptors (Lipinski definition) is 4. The minimum Gasteiger partial charge on any atom is -0.368 e. The Morgan fingerprint density at radius 3 is 2.36 bits per heavy atom. The van der Waals surface area contributed by atoms with Crippen molar-refractivity contribution in [2.24, 2.45) is 5.92 Å². The largest absolute Gasteiger partial charge is 0.368 e. The fourth-order valence-corrected chi connectivity index (χ4v) is 4.27. The third-order valence-corrected chi connectivity index (χ3v) is 6.09. The maximum atomic E-state index is 12.7. The second-order valence-corrected chi connectivity index (χ2v) is 7.99. The molecular weight excluding hydrogens is 356 g/mol. The first kappa shape index (κ1) is 18.8. The van der Waals surface area contributed by atoms with Gasteiger partial charge in [0.2, 0.25) is 17.7 Å². The topological polar surface area (TPSA) is 73.0 Å². The van der Waals surface area contributed by atoms with Crippen LogP contribution in [-0.2, 0) is 14.4 Å². The number of carbonyl (C=O) groups is 3. The van der Waals surface area contributed by atoms with Gasteiger partial charge in [0.15, 0.2) is 0 Å². The van der Waals surface area contributed by atoms with Crippen molar-refractivity contribution in [2.45, 2.75) is 31.7 Å². The quantitative estimate of drug-likeness (QED) is 0.817. The van der Waals surface area contributed by atoms with Gasteiger partial charge in [-0.3, -0.25) is 14.4 Å². The van der Waals surface area contributed by atoms with E-state index in [0.717, 1.165) is 32.6 Å². The summed E-state index contributed by atoms with van der Waals surface area (Å²) >= 11 is 0. The first-order valence-electron chi connectivity index (χ1n) is 10.3. The Hall–Kier alpha value is -2.57. The lowest BCUT2D eigenvalue weighted by Gasteiger charge is -2.43. The van der Waals surface area contributed by atoms with Crippen LogP contribution in [0.1, 0.15) is 25.7 Å². The smallest absolute Gasteiger partial charge is 0.229 e. The highest BCUT2D eigenvalue weighted by Gasteiger charge is 2.38. The molecule has 150 valence electrons. The van der Waals surface area contributed by atoms with Crippen LogP contribution in [0.5, 0.6) is 0 Å². The van der Waals surface area contributed by atoms with Crippen molar-refractivity contribution in [1.29, 1.82) is 0 Å². The number of benzene rings is 1. The van der Waals surface area contributed by atoms with Crippen LogP contribution >= 0.6 is 0 Å². The van der Waals surface area contributed by atoms with Gasteiger partial charge < -0.3 is 20.0 Å². The molecule has 7 heteroatoms. The third kappa shape index (κ3) is 4.13. The van der Waals surface area contributed by atoms with Crippen molar-refractivity contribution in [3.63, 3.8) is 0 Å².